The molecule has 0 fully saturated rings. The van der Waals surface area contributed by atoms with E-state index < -0.39 is 15.8 Å². The van der Waals surface area contributed by atoms with Crippen molar-refractivity contribution < 1.29 is 12.8 Å². The molecule has 6 heteroatoms. The van der Waals surface area contributed by atoms with Gasteiger partial charge in [0, 0.05) is 13.1 Å². The molecule has 0 amide bonds. The van der Waals surface area contributed by atoms with E-state index in [1.54, 1.807) is 0 Å². The van der Waals surface area contributed by atoms with Gasteiger partial charge in [-0.05, 0) is 31.5 Å². The Hall–Kier alpha value is -1.40. The van der Waals surface area contributed by atoms with Crippen molar-refractivity contribution in [1.29, 1.82) is 0 Å². The van der Waals surface area contributed by atoms with Crippen LogP contribution in [0.1, 0.15) is 13.3 Å². The summed E-state index contributed by atoms with van der Waals surface area (Å²) in [4.78, 5) is -0.157. The zero-order valence-corrected chi connectivity index (χ0v) is 10.9. The van der Waals surface area contributed by atoms with Gasteiger partial charge in [0.25, 0.3) is 0 Å². The molecule has 2 rings (SSSR count). The number of nitrogen functional groups attached to an aromatic ring is 1. The van der Waals surface area contributed by atoms with E-state index in [2.05, 4.69) is 0 Å². The van der Waals surface area contributed by atoms with Crippen molar-refractivity contribution in [2.75, 3.05) is 18.8 Å². The maximum absolute atomic E-state index is 13.2. The zero-order valence-electron chi connectivity index (χ0n) is 10.1. The van der Waals surface area contributed by atoms with Gasteiger partial charge in [-0.3, -0.25) is 0 Å². The topological polar surface area (TPSA) is 63.4 Å². The monoisotopic (exact) mass is 270 g/mol. The quantitative estimate of drug-likeness (QED) is 0.658. The highest BCUT2D eigenvalue weighted by molar-refractivity contribution is 7.89. The van der Waals surface area contributed by atoms with Crippen molar-refractivity contribution in [3.05, 3.63) is 35.7 Å². The molecule has 1 aliphatic rings. The van der Waals surface area contributed by atoms with Crippen molar-refractivity contribution in [2.24, 2.45) is 0 Å². The van der Waals surface area contributed by atoms with Crippen LogP contribution in [0, 0.1) is 5.82 Å². The maximum Gasteiger partial charge on any atom is 0.245 e. The van der Waals surface area contributed by atoms with Gasteiger partial charge in [0.2, 0.25) is 10.0 Å². The van der Waals surface area contributed by atoms with Crippen molar-refractivity contribution in [2.45, 2.75) is 18.2 Å². The first-order chi connectivity index (χ1) is 8.41. The Balaban J connectivity index is 2.40. The van der Waals surface area contributed by atoms with Crippen molar-refractivity contribution in [1.82, 2.24) is 4.31 Å². The lowest BCUT2D eigenvalue weighted by molar-refractivity contribution is 0.431. The summed E-state index contributed by atoms with van der Waals surface area (Å²) in [5.41, 5.74) is 6.85. The number of rotatable bonds is 2. The Kier molecular flexibility index (Phi) is 3.41. The smallest absolute Gasteiger partial charge is 0.245 e. The normalized spacial score (nSPS) is 17.6. The SMILES string of the molecule is CC1=CCN(S(=O)(=O)c2cc(F)ccc2N)CC1. The molecule has 0 bridgehead atoms. The Morgan fingerprint density at radius 3 is 2.72 bits per heavy atom. The summed E-state index contributed by atoms with van der Waals surface area (Å²) >= 11 is 0. The van der Waals surface area contributed by atoms with Crippen LogP contribution in [-0.4, -0.2) is 25.8 Å². The summed E-state index contributed by atoms with van der Waals surface area (Å²) in [5.74, 6) is -0.605. The largest absolute Gasteiger partial charge is 0.398 e. The second-order valence-electron chi connectivity index (χ2n) is 4.35. The molecule has 0 aliphatic carbocycles. The van der Waals surface area contributed by atoms with E-state index in [9.17, 15) is 12.8 Å². The molecule has 0 saturated heterocycles. The number of sulfonamides is 1. The summed E-state index contributed by atoms with van der Waals surface area (Å²) in [6, 6.07) is 3.39. The average molecular weight is 270 g/mol. The molecule has 1 heterocycles. The summed E-state index contributed by atoms with van der Waals surface area (Å²) in [6.45, 7) is 2.67. The predicted molar refractivity (Wildman–Crippen MR) is 67.9 cm³/mol. The fraction of sp³-hybridized carbons (Fsp3) is 0.333. The summed E-state index contributed by atoms with van der Waals surface area (Å²) in [5, 5.41) is 0. The lowest BCUT2D eigenvalue weighted by Gasteiger charge is -2.25. The third-order valence-electron chi connectivity index (χ3n) is 2.99. The molecule has 1 aliphatic heterocycles. The minimum absolute atomic E-state index is 0.0719. The molecule has 18 heavy (non-hydrogen) atoms. The third kappa shape index (κ3) is 2.39. The van der Waals surface area contributed by atoms with E-state index in [1.807, 2.05) is 13.0 Å². The molecule has 1 aromatic carbocycles. The third-order valence-corrected chi connectivity index (χ3v) is 4.91. The number of hydrogen-bond acceptors (Lipinski definition) is 3. The second-order valence-corrected chi connectivity index (χ2v) is 6.25. The Morgan fingerprint density at radius 1 is 1.39 bits per heavy atom. The van der Waals surface area contributed by atoms with Gasteiger partial charge in [-0.1, -0.05) is 11.6 Å². The van der Waals surface area contributed by atoms with Crippen LogP contribution in [0.4, 0.5) is 10.1 Å². The number of nitrogens with two attached hydrogens (primary N) is 1. The first-order valence-electron chi connectivity index (χ1n) is 5.62. The summed E-state index contributed by atoms with van der Waals surface area (Å²) < 4.78 is 39.1. The van der Waals surface area contributed by atoms with Crippen LogP contribution in [0.3, 0.4) is 0 Å². The molecule has 0 unspecified atom stereocenters. The van der Waals surface area contributed by atoms with Crippen LogP contribution in [0.5, 0.6) is 0 Å². The van der Waals surface area contributed by atoms with Crippen molar-refractivity contribution >= 4 is 15.7 Å². The molecule has 98 valence electrons. The summed E-state index contributed by atoms with van der Waals surface area (Å²) in [6.07, 6.45) is 2.55. The van der Waals surface area contributed by atoms with Crippen LogP contribution >= 0.6 is 0 Å². The van der Waals surface area contributed by atoms with Gasteiger partial charge >= 0.3 is 0 Å². The van der Waals surface area contributed by atoms with Crippen LogP contribution < -0.4 is 5.73 Å². The number of anilines is 1. The standard InChI is InChI=1S/C12H15FN2O2S/c1-9-4-6-15(7-5-9)18(16,17)12-8-10(13)2-3-11(12)14/h2-4,8H,5-7,14H2,1H3. The predicted octanol–water partition coefficient (Wildman–Crippen LogP) is 1.75. The molecule has 4 nitrogen and oxygen atoms in total. The van der Waals surface area contributed by atoms with E-state index >= 15 is 0 Å². The van der Waals surface area contributed by atoms with E-state index in [-0.39, 0.29) is 10.6 Å². The number of halogens is 1. The lowest BCUT2D eigenvalue weighted by atomic mass is 10.1. The van der Waals surface area contributed by atoms with Gasteiger partial charge in [0.1, 0.15) is 10.7 Å². The van der Waals surface area contributed by atoms with Crippen molar-refractivity contribution in [3.8, 4) is 0 Å². The van der Waals surface area contributed by atoms with Crippen LogP contribution in [-0.2, 0) is 10.0 Å². The van der Waals surface area contributed by atoms with Gasteiger partial charge in [-0.2, -0.15) is 4.31 Å². The molecule has 0 spiro atoms. The molecule has 0 aromatic heterocycles. The fourth-order valence-corrected chi connectivity index (χ4v) is 3.35. The van der Waals surface area contributed by atoms with Crippen LogP contribution in [0.25, 0.3) is 0 Å². The van der Waals surface area contributed by atoms with Gasteiger partial charge in [-0.25, -0.2) is 12.8 Å². The minimum Gasteiger partial charge on any atom is -0.398 e. The first-order valence-corrected chi connectivity index (χ1v) is 7.06. The highest BCUT2D eigenvalue weighted by Crippen LogP contribution is 2.25. The maximum atomic E-state index is 13.2. The van der Waals surface area contributed by atoms with E-state index in [1.165, 1.54) is 10.4 Å². The Morgan fingerprint density at radius 2 is 2.11 bits per heavy atom. The lowest BCUT2D eigenvalue weighted by Crippen LogP contribution is -2.35. The molecule has 1 aromatic rings. The van der Waals surface area contributed by atoms with Gasteiger partial charge in [0.05, 0.1) is 5.69 Å². The summed E-state index contributed by atoms with van der Waals surface area (Å²) in [7, 11) is -3.71. The van der Waals surface area contributed by atoms with Gasteiger partial charge < -0.3 is 5.73 Å². The molecule has 0 saturated carbocycles. The average Bonchev–Trinajstić information content (AvgIpc) is 2.32. The van der Waals surface area contributed by atoms with E-state index in [0.717, 1.165) is 17.7 Å². The van der Waals surface area contributed by atoms with Gasteiger partial charge in [0.15, 0.2) is 0 Å². The van der Waals surface area contributed by atoms with Crippen molar-refractivity contribution in [3.63, 3.8) is 0 Å². The first kappa shape index (κ1) is 13.0. The molecule has 0 radical (unpaired) electrons. The van der Waals surface area contributed by atoms with Gasteiger partial charge in [-0.15, -0.1) is 0 Å². The Bertz CT molecular complexity index is 596. The zero-order chi connectivity index (χ0) is 13.3. The van der Waals surface area contributed by atoms with Crippen LogP contribution in [0.2, 0.25) is 0 Å². The van der Waals surface area contributed by atoms with Crippen LogP contribution in [0.15, 0.2) is 34.7 Å². The van der Waals surface area contributed by atoms with E-state index in [0.29, 0.717) is 19.5 Å². The highest BCUT2D eigenvalue weighted by atomic mass is 32.2. The second kappa shape index (κ2) is 4.70. The Labute approximate surface area is 106 Å². The number of hydrogen-bond donors (Lipinski definition) is 1. The minimum atomic E-state index is -3.71. The number of nitrogens with zero attached hydrogens (tertiary/aromatic N) is 1. The molecule has 0 atom stereocenters. The highest BCUT2D eigenvalue weighted by Gasteiger charge is 2.27. The molecular weight excluding hydrogens is 255 g/mol. The fourth-order valence-electron chi connectivity index (χ4n) is 1.84. The number of benzene rings is 1. The molecule has 2 N–H and O–H groups in total. The molecular formula is C12H15FN2O2S. The van der Waals surface area contributed by atoms with E-state index in [4.69, 9.17) is 5.73 Å².